The maximum Gasteiger partial charge on any atom is 0.226 e. The van der Waals surface area contributed by atoms with Gasteiger partial charge < -0.3 is 10.1 Å². The lowest BCUT2D eigenvalue weighted by Gasteiger charge is -2.18. The minimum Gasteiger partial charge on any atom is -0.493 e. The summed E-state index contributed by atoms with van der Waals surface area (Å²) >= 11 is 1.52. The number of nitrogens with one attached hydrogen (secondary N) is 1. The van der Waals surface area contributed by atoms with Crippen LogP contribution in [-0.4, -0.2) is 22.7 Å². The molecular weight excluding hydrogens is 346 g/mol. The second kappa shape index (κ2) is 9.12. The predicted molar refractivity (Wildman–Crippen MR) is 105 cm³/mol. The van der Waals surface area contributed by atoms with E-state index in [0.29, 0.717) is 30.5 Å². The molecule has 0 atom stereocenters. The van der Waals surface area contributed by atoms with Crippen LogP contribution in [0, 0.1) is 13.8 Å². The molecule has 6 heteroatoms. The van der Waals surface area contributed by atoms with Crippen LogP contribution in [0.15, 0.2) is 18.2 Å². The summed E-state index contributed by atoms with van der Waals surface area (Å²) < 4.78 is 5.80. The van der Waals surface area contributed by atoms with E-state index in [0.717, 1.165) is 16.3 Å². The number of anilines is 1. The van der Waals surface area contributed by atoms with E-state index in [9.17, 15) is 4.79 Å². The van der Waals surface area contributed by atoms with Gasteiger partial charge in [0.05, 0.1) is 6.61 Å². The lowest BCUT2D eigenvalue weighted by atomic mass is 9.90. The van der Waals surface area contributed by atoms with Crippen LogP contribution in [0.1, 0.15) is 67.0 Å². The number of nitrogens with zero attached hydrogens (tertiary/aromatic N) is 2. The molecule has 1 saturated carbocycles. The highest BCUT2D eigenvalue weighted by Gasteiger charge is 2.20. The summed E-state index contributed by atoms with van der Waals surface area (Å²) in [6.07, 6.45) is 7.34. The number of hydrogen-bond acceptors (Lipinski definition) is 5. The van der Waals surface area contributed by atoms with Crippen molar-refractivity contribution in [2.24, 2.45) is 0 Å². The zero-order chi connectivity index (χ0) is 18.4. The first kappa shape index (κ1) is 18.8. The van der Waals surface area contributed by atoms with Crippen molar-refractivity contribution < 1.29 is 9.53 Å². The second-order valence-corrected chi connectivity index (χ2v) is 7.99. The van der Waals surface area contributed by atoms with Gasteiger partial charge in [0, 0.05) is 12.3 Å². The number of hydrogen-bond donors (Lipinski definition) is 1. The Hall–Kier alpha value is -1.95. The van der Waals surface area contributed by atoms with Gasteiger partial charge in [0.1, 0.15) is 10.8 Å². The van der Waals surface area contributed by atoms with Crippen molar-refractivity contribution in [3.05, 3.63) is 34.3 Å². The summed E-state index contributed by atoms with van der Waals surface area (Å²) in [5.74, 6) is 1.39. The number of carbonyl (C=O) groups is 1. The lowest BCUT2D eigenvalue weighted by Crippen LogP contribution is -2.12. The Morgan fingerprint density at radius 3 is 2.85 bits per heavy atom. The number of aromatic nitrogens is 2. The van der Waals surface area contributed by atoms with Crippen LogP contribution < -0.4 is 10.1 Å². The van der Waals surface area contributed by atoms with Gasteiger partial charge in [0.25, 0.3) is 0 Å². The Morgan fingerprint density at radius 2 is 2.04 bits per heavy atom. The Labute approximate surface area is 159 Å². The number of amides is 1. The summed E-state index contributed by atoms with van der Waals surface area (Å²) in [5.41, 5.74) is 2.37. The zero-order valence-electron chi connectivity index (χ0n) is 15.6. The normalized spacial score (nSPS) is 15.0. The van der Waals surface area contributed by atoms with E-state index >= 15 is 0 Å². The molecule has 0 aliphatic heterocycles. The van der Waals surface area contributed by atoms with Crippen molar-refractivity contribution in [1.29, 1.82) is 0 Å². The molecule has 5 nitrogen and oxygen atoms in total. The molecule has 1 aromatic heterocycles. The summed E-state index contributed by atoms with van der Waals surface area (Å²) in [7, 11) is 0. The molecule has 1 aromatic carbocycles. The number of rotatable bonds is 7. The van der Waals surface area contributed by atoms with Gasteiger partial charge in [-0.3, -0.25) is 4.79 Å². The van der Waals surface area contributed by atoms with E-state index < -0.39 is 0 Å². The van der Waals surface area contributed by atoms with Gasteiger partial charge in [-0.05, 0) is 50.3 Å². The van der Waals surface area contributed by atoms with Gasteiger partial charge in [-0.25, -0.2) is 0 Å². The molecule has 0 spiro atoms. The highest BCUT2D eigenvalue weighted by atomic mass is 32.1. The first-order valence-corrected chi connectivity index (χ1v) is 10.3. The number of ether oxygens (including phenoxy) is 1. The molecule has 1 amide bonds. The summed E-state index contributed by atoms with van der Waals surface area (Å²) in [6, 6.07) is 6.03. The largest absolute Gasteiger partial charge is 0.493 e. The molecular formula is C20H27N3O2S. The lowest BCUT2D eigenvalue weighted by molar-refractivity contribution is -0.116. The van der Waals surface area contributed by atoms with E-state index in [-0.39, 0.29) is 5.91 Å². The van der Waals surface area contributed by atoms with E-state index in [2.05, 4.69) is 35.4 Å². The minimum atomic E-state index is -0.0269. The van der Waals surface area contributed by atoms with Crippen LogP contribution in [0.25, 0.3) is 0 Å². The molecule has 0 radical (unpaired) electrons. The molecule has 0 unspecified atom stereocenters. The standard InChI is InChI=1S/C20H27N3O2S/c1-14-8-6-11-17(15(14)2)25-13-7-12-18(24)21-20-23-22-19(26-20)16-9-4-3-5-10-16/h6,8,11,16H,3-5,7,9-10,12-13H2,1-2H3,(H,21,23,24). The van der Waals surface area contributed by atoms with Crippen molar-refractivity contribution in [1.82, 2.24) is 10.2 Å². The van der Waals surface area contributed by atoms with Crippen molar-refractivity contribution in [2.45, 2.75) is 64.7 Å². The summed E-state index contributed by atoms with van der Waals surface area (Å²) in [5, 5.41) is 13.0. The van der Waals surface area contributed by atoms with Crippen LogP contribution in [-0.2, 0) is 4.79 Å². The molecule has 140 valence electrons. The third kappa shape index (κ3) is 5.04. The molecule has 0 bridgehead atoms. The topological polar surface area (TPSA) is 64.1 Å². The first-order chi connectivity index (χ1) is 12.6. The third-order valence-corrected chi connectivity index (χ3v) is 6.00. The van der Waals surface area contributed by atoms with Crippen molar-refractivity contribution in [3.63, 3.8) is 0 Å². The van der Waals surface area contributed by atoms with Crippen molar-refractivity contribution >= 4 is 22.4 Å². The third-order valence-electron chi connectivity index (χ3n) is 5.00. The van der Waals surface area contributed by atoms with E-state index in [1.807, 2.05) is 12.1 Å². The zero-order valence-corrected chi connectivity index (χ0v) is 16.4. The van der Waals surface area contributed by atoms with Crippen LogP contribution >= 0.6 is 11.3 Å². The first-order valence-electron chi connectivity index (χ1n) is 9.46. The Balaban J connectivity index is 1.40. The average Bonchev–Trinajstić information content (AvgIpc) is 3.11. The number of benzene rings is 1. The maximum atomic E-state index is 12.1. The van der Waals surface area contributed by atoms with Crippen molar-refractivity contribution in [2.75, 3.05) is 11.9 Å². The molecule has 26 heavy (non-hydrogen) atoms. The molecule has 2 aromatic rings. The van der Waals surface area contributed by atoms with Gasteiger partial charge in [0.15, 0.2) is 0 Å². The fourth-order valence-electron chi connectivity index (χ4n) is 3.28. The summed E-state index contributed by atoms with van der Waals surface area (Å²) in [6.45, 7) is 4.65. The molecule has 1 aliphatic carbocycles. The van der Waals surface area contributed by atoms with E-state index in [1.54, 1.807) is 0 Å². The molecule has 1 heterocycles. The predicted octanol–water partition coefficient (Wildman–Crippen LogP) is 5.00. The minimum absolute atomic E-state index is 0.0269. The van der Waals surface area contributed by atoms with Gasteiger partial charge in [0.2, 0.25) is 11.0 Å². The smallest absolute Gasteiger partial charge is 0.226 e. The van der Waals surface area contributed by atoms with Gasteiger partial charge in [-0.15, -0.1) is 10.2 Å². The van der Waals surface area contributed by atoms with Gasteiger partial charge in [-0.1, -0.05) is 42.7 Å². The SMILES string of the molecule is Cc1cccc(OCCCC(=O)Nc2nnc(C3CCCCC3)s2)c1C. The van der Waals surface area contributed by atoms with Gasteiger partial charge in [-0.2, -0.15) is 0 Å². The molecule has 3 rings (SSSR count). The van der Waals surface area contributed by atoms with E-state index in [1.165, 1.54) is 49.0 Å². The van der Waals surface area contributed by atoms with Crippen LogP contribution in [0.5, 0.6) is 5.75 Å². The fourth-order valence-corrected chi connectivity index (χ4v) is 4.21. The molecule has 0 saturated heterocycles. The van der Waals surface area contributed by atoms with Crippen LogP contribution in [0.3, 0.4) is 0 Å². The highest BCUT2D eigenvalue weighted by molar-refractivity contribution is 7.15. The molecule has 1 N–H and O–H groups in total. The Kier molecular flexibility index (Phi) is 6.61. The average molecular weight is 374 g/mol. The maximum absolute atomic E-state index is 12.1. The summed E-state index contributed by atoms with van der Waals surface area (Å²) in [4.78, 5) is 12.1. The monoisotopic (exact) mass is 373 g/mol. The molecule has 1 fully saturated rings. The van der Waals surface area contributed by atoms with E-state index in [4.69, 9.17) is 4.74 Å². The Bertz CT molecular complexity index is 738. The quantitative estimate of drug-likeness (QED) is 0.694. The highest BCUT2D eigenvalue weighted by Crippen LogP contribution is 2.35. The second-order valence-electron chi connectivity index (χ2n) is 6.98. The molecule has 1 aliphatic rings. The fraction of sp³-hybridized carbons (Fsp3) is 0.550. The number of aryl methyl sites for hydroxylation is 1. The number of carbonyl (C=O) groups excluding carboxylic acids is 1. The van der Waals surface area contributed by atoms with Crippen molar-refractivity contribution in [3.8, 4) is 5.75 Å². The Morgan fingerprint density at radius 1 is 1.23 bits per heavy atom. The van der Waals surface area contributed by atoms with Crippen LogP contribution in [0.4, 0.5) is 5.13 Å². The van der Waals surface area contributed by atoms with Crippen LogP contribution in [0.2, 0.25) is 0 Å². The van der Waals surface area contributed by atoms with Gasteiger partial charge >= 0.3 is 0 Å².